The number of hydrogen-bond acceptors (Lipinski definition) is 1. The third-order valence-electron chi connectivity index (χ3n) is 8.26. The van der Waals surface area contributed by atoms with Crippen molar-refractivity contribution in [1.82, 2.24) is 0 Å². The molecule has 1 heteroatoms. The van der Waals surface area contributed by atoms with Crippen LogP contribution in [0.1, 0.15) is 5.56 Å². The van der Waals surface area contributed by atoms with Crippen molar-refractivity contribution in [3.05, 3.63) is 145 Å². The lowest BCUT2D eigenvalue weighted by Crippen LogP contribution is -1.87. The van der Waals surface area contributed by atoms with Crippen molar-refractivity contribution >= 4 is 43.1 Å². The maximum Gasteiger partial charge on any atom is 0.0998 e. The van der Waals surface area contributed by atoms with Crippen LogP contribution in [0, 0.1) is 11.3 Å². The molecular weight excluding hydrogens is 482 g/mol. The fourth-order valence-corrected chi connectivity index (χ4v) is 6.25. The van der Waals surface area contributed by atoms with Crippen molar-refractivity contribution < 1.29 is 0 Å². The van der Waals surface area contributed by atoms with Gasteiger partial charge in [0.25, 0.3) is 0 Å². The van der Waals surface area contributed by atoms with Gasteiger partial charge in [-0.1, -0.05) is 121 Å². The summed E-state index contributed by atoms with van der Waals surface area (Å²) in [6.07, 6.45) is 0. The Morgan fingerprint density at radius 2 is 0.950 bits per heavy atom. The molecule has 40 heavy (non-hydrogen) atoms. The summed E-state index contributed by atoms with van der Waals surface area (Å²) >= 11 is 0. The zero-order valence-electron chi connectivity index (χ0n) is 21.7. The summed E-state index contributed by atoms with van der Waals surface area (Å²) in [7, 11) is 0. The summed E-state index contributed by atoms with van der Waals surface area (Å²) in [4.78, 5) is 0. The van der Waals surface area contributed by atoms with E-state index >= 15 is 0 Å². The Morgan fingerprint density at radius 1 is 0.375 bits per heavy atom. The van der Waals surface area contributed by atoms with Gasteiger partial charge in [-0.25, -0.2) is 0 Å². The monoisotopic (exact) mass is 505 g/mol. The molecule has 0 unspecified atom stereocenters. The van der Waals surface area contributed by atoms with Crippen molar-refractivity contribution in [1.29, 1.82) is 5.26 Å². The first kappa shape index (κ1) is 22.5. The van der Waals surface area contributed by atoms with E-state index in [4.69, 9.17) is 0 Å². The first-order chi connectivity index (χ1) is 19.8. The Kier molecular flexibility index (Phi) is 4.96. The van der Waals surface area contributed by atoms with Crippen LogP contribution in [-0.4, -0.2) is 0 Å². The Balaban J connectivity index is 1.19. The van der Waals surface area contributed by atoms with Gasteiger partial charge in [0.05, 0.1) is 11.6 Å². The van der Waals surface area contributed by atoms with Gasteiger partial charge in [0.15, 0.2) is 0 Å². The summed E-state index contributed by atoms with van der Waals surface area (Å²) < 4.78 is 0. The lowest BCUT2D eigenvalue weighted by atomic mass is 9.89. The maximum absolute atomic E-state index is 9.47. The summed E-state index contributed by atoms with van der Waals surface area (Å²) in [5.74, 6) is 0. The third kappa shape index (κ3) is 3.48. The second kappa shape index (κ2) is 8.80. The standard InChI is InChI=1S/C39H23N/c40-24-34-4-1-2-7-35(34)26-10-8-25(9-11-26)30-14-15-32-23-33(17-16-31(32)22-30)36-20-18-29-13-12-27-5-3-6-28-19-21-37(36)39(29)38(27)28/h1-23H. The first-order valence-corrected chi connectivity index (χ1v) is 13.6. The molecule has 8 rings (SSSR count). The van der Waals surface area contributed by atoms with Crippen LogP contribution in [0.3, 0.4) is 0 Å². The average Bonchev–Trinajstić information content (AvgIpc) is 3.03. The van der Waals surface area contributed by atoms with E-state index in [0.29, 0.717) is 5.56 Å². The van der Waals surface area contributed by atoms with Crippen LogP contribution < -0.4 is 0 Å². The highest BCUT2D eigenvalue weighted by molar-refractivity contribution is 6.25. The molecule has 0 N–H and O–H groups in total. The SMILES string of the molecule is N#Cc1ccccc1-c1ccc(-c2ccc3cc(-c4ccc5ccc6cccc7ccc4c5c67)ccc3c2)cc1. The lowest BCUT2D eigenvalue weighted by Gasteiger charge is -2.14. The Bertz CT molecular complexity index is 2250. The molecule has 0 bridgehead atoms. The van der Waals surface area contributed by atoms with Crippen LogP contribution in [0.5, 0.6) is 0 Å². The number of benzene rings is 8. The molecule has 0 fully saturated rings. The van der Waals surface area contributed by atoms with Crippen LogP contribution in [0.4, 0.5) is 0 Å². The van der Waals surface area contributed by atoms with Crippen LogP contribution in [0.25, 0.3) is 76.5 Å². The third-order valence-corrected chi connectivity index (χ3v) is 8.26. The molecule has 0 saturated heterocycles. The summed E-state index contributed by atoms with van der Waals surface area (Å²) in [6.45, 7) is 0. The number of nitriles is 1. The predicted octanol–water partition coefficient (Wildman–Crippen LogP) is 10.6. The van der Waals surface area contributed by atoms with Gasteiger partial charge in [0.2, 0.25) is 0 Å². The number of rotatable bonds is 3. The average molecular weight is 506 g/mol. The second-order valence-electron chi connectivity index (χ2n) is 10.5. The Hall–Kier alpha value is -5.45. The van der Waals surface area contributed by atoms with Gasteiger partial charge in [-0.3, -0.25) is 0 Å². The summed E-state index contributed by atoms with van der Waals surface area (Å²) in [5, 5.41) is 19.8. The summed E-state index contributed by atoms with van der Waals surface area (Å²) in [5.41, 5.74) is 7.57. The molecule has 0 aliphatic carbocycles. The molecule has 8 aromatic rings. The minimum Gasteiger partial charge on any atom is -0.192 e. The Labute approximate surface area is 232 Å². The zero-order valence-corrected chi connectivity index (χ0v) is 21.7. The highest BCUT2D eigenvalue weighted by Crippen LogP contribution is 2.40. The van der Waals surface area contributed by atoms with Crippen LogP contribution >= 0.6 is 0 Å². The highest BCUT2D eigenvalue weighted by Gasteiger charge is 2.12. The zero-order chi connectivity index (χ0) is 26.6. The van der Waals surface area contributed by atoms with Gasteiger partial charge in [-0.05, 0) is 94.7 Å². The van der Waals surface area contributed by atoms with E-state index < -0.39 is 0 Å². The van der Waals surface area contributed by atoms with E-state index in [9.17, 15) is 5.26 Å². The van der Waals surface area contributed by atoms with Gasteiger partial charge >= 0.3 is 0 Å². The fraction of sp³-hybridized carbons (Fsp3) is 0. The number of hydrogen-bond donors (Lipinski definition) is 0. The maximum atomic E-state index is 9.47. The van der Waals surface area contributed by atoms with E-state index in [2.05, 4.69) is 121 Å². The topological polar surface area (TPSA) is 23.8 Å². The minimum atomic E-state index is 0.696. The molecule has 0 aliphatic heterocycles. The molecule has 0 atom stereocenters. The molecular formula is C39H23N. The van der Waals surface area contributed by atoms with Crippen LogP contribution in [0.2, 0.25) is 0 Å². The molecule has 0 aromatic heterocycles. The van der Waals surface area contributed by atoms with Crippen molar-refractivity contribution in [3.63, 3.8) is 0 Å². The first-order valence-electron chi connectivity index (χ1n) is 13.6. The van der Waals surface area contributed by atoms with E-state index in [1.807, 2.05) is 24.3 Å². The van der Waals surface area contributed by atoms with E-state index in [0.717, 1.165) is 16.7 Å². The summed E-state index contributed by atoms with van der Waals surface area (Å²) in [6, 6.07) is 52.1. The molecule has 8 aromatic carbocycles. The largest absolute Gasteiger partial charge is 0.192 e. The second-order valence-corrected chi connectivity index (χ2v) is 10.5. The minimum absolute atomic E-state index is 0.696. The fourth-order valence-electron chi connectivity index (χ4n) is 6.25. The van der Waals surface area contributed by atoms with Crippen LogP contribution in [0.15, 0.2) is 140 Å². The predicted molar refractivity (Wildman–Crippen MR) is 169 cm³/mol. The molecule has 0 amide bonds. The molecule has 184 valence electrons. The van der Waals surface area contributed by atoms with Gasteiger partial charge < -0.3 is 0 Å². The molecule has 0 heterocycles. The van der Waals surface area contributed by atoms with Gasteiger partial charge in [-0.2, -0.15) is 5.26 Å². The normalized spacial score (nSPS) is 11.5. The molecule has 0 saturated carbocycles. The van der Waals surface area contributed by atoms with Gasteiger partial charge in [-0.15, -0.1) is 0 Å². The number of nitrogens with zero attached hydrogens (tertiary/aromatic N) is 1. The highest BCUT2D eigenvalue weighted by atomic mass is 14.2. The van der Waals surface area contributed by atoms with Crippen LogP contribution in [-0.2, 0) is 0 Å². The van der Waals surface area contributed by atoms with Crippen molar-refractivity contribution in [2.24, 2.45) is 0 Å². The molecule has 0 aliphatic rings. The van der Waals surface area contributed by atoms with Gasteiger partial charge in [0.1, 0.15) is 0 Å². The van der Waals surface area contributed by atoms with E-state index in [1.165, 1.54) is 59.8 Å². The smallest absolute Gasteiger partial charge is 0.0998 e. The lowest BCUT2D eigenvalue weighted by molar-refractivity contribution is 1.48. The molecule has 1 nitrogen and oxygen atoms in total. The van der Waals surface area contributed by atoms with Crippen molar-refractivity contribution in [2.45, 2.75) is 0 Å². The quantitative estimate of drug-likeness (QED) is 0.219. The number of fused-ring (bicyclic) bond motifs is 1. The molecule has 0 radical (unpaired) electrons. The van der Waals surface area contributed by atoms with E-state index in [1.54, 1.807) is 0 Å². The van der Waals surface area contributed by atoms with Crippen molar-refractivity contribution in [3.8, 4) is 39.4 Å². The van der Waals surface area contributed by atoms with Crippen molar-refractivity contribution in [2.75, 3.05) is 0 Å². The van der Waals surface area contributed by atoms with E-state index in [-0.39, 0.29) is 0 Å². The molecule has 0 spiro atoms. The van der Waals surface area contributed by atoms with Gasteiger partial charge in [0, 0.05) is 0 Å². The Morgan fingerprint density at radius 3 is 1.73 bits per heavy atom.